The third-order valence-corrected chi connectivity index (χ3v) is 5.31. The van der Waals surface area contributed by atoms with Crippen LogP contribution in [-0.2, 0) is 17.8 Å². The van der Waals surface area contributed by atoms with Gasteiger partial charge in [-0.05, 0) is 47.7 Å². The van der Waals surface area contributed by atoms with Crippen molar-refractivity contribution in [3.63, 3.8) is 0 Å². The van der Waals surface area contributed by atoms with Crippen LogP contribution in [0.4, 0.5) is 0 Å². The van der Waals surface area contributed by atoms with E-state index < -0.39 is 0 Å². The van der Waals surface area contributed by atoms with Crippen LogP contribution in [0, 0.1) is 0 Å². The zero-order valence-corrected chi connectivity index (χ0v) is 18.3. The van der Waals surface area contributed by atoms with E-state index >= 15 is 0 Å². The van der Waals surface area contributed by atoms with Gasteiger partial charge >= 0.3 is 0 Å². The van der Waals surface area contributed by atoms with Crippen molar-refractivity contribution in [3.8, 4) is 17.2 Å². The van der Waals surface area contributed by atoms with Crippen LogP contribution in [0.15, 0.2) is 72.8 Å². The first-order valence-corrected chi connectivity index (χ1v) is 10.3. The molecule has 0 heterocycles. The Morgan fingerprint density at radius 1 is 0.839 bits per heavy atom. The predicted octanol–water partition coefficient (Wildman–Crippen LogP) is 4.75. The van der Waals surface area contributed by atoms with Crippen molar-refractivity contribution in [3.05, 3.63) is 89.5 Å². The molecule has 0 bridgehead atoms. The van der Waals surface area contributed by atoms with Gasteiger partial charge in [-0.25, -0.2) is 0 Å². The maximum Gasteiger partial charge on any atom is 0.220 e. The minimum absolute atomic E-state index is 0.00498. The van der Waals surface area contributed by atoms with Gasteiger partial charge in [0.05, 0.1) is 21.3 Å². The van der Waals surface area contributed by atoms with Crippen LogP contribution in [0.1, 0.15) is 29.0 Å². The summed E-state index contributed by atoms with van der Waals surface area (Å²) in [5.41, 5.74) is 3.22. The van der Waals surface area contributed by atoms with E-state index in [-0.39, 0.29) is 11.8 Å². The molecule has 0 aromatic heterocycles. The Morgan fingerprint density at radius 2 is 1.52 bits per heavy atom. The fourth-order valence-electron chi connectivity index (χ4n) is 3.57. The Hall–Kier alpha value is -3.47. The Labute approximate surface area is 184 Å². The molecule has 1 N–H and O–H groups in total. The highest BCUT2D eigenvalue weighted by atomic mass is 16.5. The fourth-order valence-corrected chi connectivity index (χ4v) is 3.57. The monoisotopic (exact) mass is 419 g/mol. The molecule has 5 heteroatoms. The molecule has 3 aromatic carbocycles. The molecule has 5 nitrogen and oxygen atoms in total. The molecule has 31 heavy (non-hydrogen) atoms. The Balaban J connectivity index is 1.70. The first kappa shape index (κ1) is 22.2. The summed E-state index contributed by atoms with van der Waals surface area (Å²) in [4.78, 5) is 12.8. The number of benzene rings is 3. The number of hydrogen-bond acceptors (Lipinski definition) is 4. The average Bonchev–Trinajstić information content (AvgIpc) is 2.83. The third kappa shape index (κ3) is 6.25. The number of ether oxygens (including phenoxy) is 3. The second kappa shape index (κ2) is 11.1. The molecule has 0 fully saturated rings. The van der Waals surface area contributed by atoms with Crippen LogP contribution in [0.2, 0.25) is 0 Å². The zero-order chi connectivity index (χ0) is 22.1. The first-order valence-electron chi connectivity index (χ1n) is 10.3. The summed E-state index contributed by atoms with van der Waals surface area (Å²) < 4.78 is 15.9. The average molecular weight is 420 g/mol. The van der Waals surface area contributed by atoms with Crippen LogP contribution in [0.5, 0.6) is 17.2 Å². The van der Waals surface area contributed by atoms with E-state index in [0.717, 1.165) is 23.3 Å². The number of carbonyl (C=O) groups is 1. The highest BCUT2D eigenvalue weighted by Crippen LogP contribution is 2.27. The molecular weight excluding hydrogens is 390 g/mol. The standard InChI is InChI=1S/C26H29NO4/c1-29-23-12-9-20(10-13-23)22(15-19-7-5-4-6-8-19)16-26(28)27-18-21-11-14-24(30-2)17-25(21)31-3/h4-14,17,22H,15-16,18H2,1-3H3,(H,27,28)/t22-/m1/s1. The van der Waals surface area contributed by atoms with Gasteiger partial charge in [-0.1, -0.05) is 42.5 Å². The summed E-state index contributed by atoms with van der Waals surface area (Å²) >= 11 is 0. The highest BCUT2D eigenvalue weighted by Gasteiger charge is 2.18. The van der Waals surface area contributed by atoms with Gasteiger partial charge in [-0.3, -0.25) is 4.79 Å². The third-order valence-electron chi connectivity index (χ3n) is 5.31. The summed E-state index contributed by atoms with van der Waals surface area (Å²) in [6.07, 6.45) is 1.17. The fraction of sp³-hybridized carbons (Fsp3) is 0.269. The summed E-state index contributed by atoms with van der Waals surface area (Å²) in [6, 6.07) is 23.8. The van der Waals surface area contributed by atoms with Gasteiger partial charge in [0.25, 0.3) is 0 Å². The van der Waals surface area contributed by atoms with Crippen molar-refractivity contribution < 1.29 is 19.0 Å². The van der Waals surface area contributed by atoms with Gasteiger partial charge in [-0.15, -0.1) is 0 Å². The number of nitrogens with one attached hydrogen (secondary N) is 1. The lowest BCUT2D eigenvalue weighted by atomic mass is 9.89. The molecule has 0 aliphatic rings. The van der Waals surface area contributed by atoms with Gasteiger partial charge < -0.3 is 19.5 Å². The second-order valence-corrected chi connectivity index (χ2v) is 7.32. The molecule has 0 aliphatic heterocycles. The lowest BCUT2D eigenvalue weighted by Crippen LogP contribution is -2.25. The van der Waals surface area contributed by atoms with E-state index in [1.807, 2.05) is 60.7 Å². The smallest absolute Gasteiger partial charge is 0.220 e. The van der Waals surface area contributed by atoms with Crippen LogP contribution >= 0.6 is 0 Å². The number of amides is 1. The Kier molecular flexibility index (Phi) is 7.93. The molecule has 0 aliphatic carbocycles. The van der Waals surface area contributed by atoms with E-state index in [1.165, 1.54) is 5.56 Å². The number of hydrogen-bond donors (Lipinski definition) is 1. The van der Waals surface area contributed by atoms with Gasteiger partial charge in [-0.2, -0.15) is 0 Å². The maximum absolute atomic E-state index is 12.8. The van der Waals surface area contributed by atoms with Crippen molar-refractivity contribution in [1.82, 2.24) is 5.32 Å². The number of methoxy groups -OCH3 is 3. The first-order chi connectivity index (χ1) is 15.1. The normalized spacial score (nSPS) is 11.5. The topological polar surface area (TPSA) is 56.8 Å². The van der Waals surface area contributed by atoms with E-state index in [0.29, 0.717) is 24.5 Å². The van der Waals surface area contributed by atoms with Gasteiger partial charge in [0.2, 0.25) is 5.91 Å². The summed E-state index contributed by atoms with van der Waals surface area (Å²) in [7, 11) is 4.87. The molecule has 0 spiro atoms. The number of carbonyl (C=O) groups excluding carboxylic acids is 1. The van der Waals surface area contributed by atoms with Crippen LogP contribution in [0.25, 0.3) is 0 Å². The molecule has 3 rings (SSSR count). The lowest BCUT2D eigenvalue weighted by Gasteiger charge is -2.18. The highest BCUT2D eigenvalue weighted by molar-refractivity contribution is 5.77. The quantitative estimate of drug-likeness (QED) is 0.515. The van der Waals surface area contributed by atoms with E-state index in [2.05, 4.69) is 17.4 Å². The minimum atomic E-state index is -0.00498. The van der Waals surface area contributed by atoms with Crippen molar-refractivity contribution in [2.75, 3.05) is 21.3 Å². The maximum atomic E-state index is 12.8. The molecule has 0 saturated carbocycles. The summed E-state index contributed by atoms with van der Waals surface area (Å²) in [6.45, 7) is 0.396. The van der Waals surface area contributed by atoms with Crippen LogP contribution in [-0.4, -0.2) is 27.2 Å². The molecule has 0 unspecified atom stereocenters. The predicted molar refractivity (Wildman–Crippen MR) is 122 cm³/mol. The second-order valence-electron chi connectivity index (χ2n) is 7.32. The SMILES string of the molecule is COc1ccc([C@@H](CC(=O)NCc2ccc(OC)cc2OC)Cc2ccccc2)cc1. The van der Waals surface area contributed by atoms with Gasteiger partial charge in [0.1, 0.15) is 17.2 Å². The van der Waals surface area contributed by atoms with Crippen molar-refractivity contribution in [2.45, 2.75) is 25.3 Å². The molecule has 162 valence electrons. The van der Waals surface area contributed by atoms with E-state index in [1.54, 1.807) is 21.3 Å². The van der Waals surface area contributed by atoms with Crippen molar-refractivity contribution in [2.24, 2.45) is 0 Å². The molecule has 1 atom stereocenters. The van der Waals surface area contributed by atoms with Crippen molar-refractivity contribution in [1.29, 1.82) is 0 Å². The zero-order valence-electron chi connectivity index (χ0n) is 18.3. The number of rotatable bonds is 10. The Bertz CT molecular complexity index is 970. The summed E-state index contributed by atoms with van der Waals surface area (Å²) in [5, 5.41) is 3.04. The Morgan fingerprint density at radius 3 is 2.16 bits per heavy atom. The summed E-state index contributed by atoms with van der Waals surface area (Å²) in [5.74, 6) is 2.27. The molecule has 3 aromatic rings. The van der Waals surface area contributed by atoms with Crippen molar-refractivity contribution >= 4 is 5.91 Å². The molecule has 0 radical (unpaired) electrons. The van der Waals surface area contributed by atoms with Gasteiger partial charge in [0, 0.05) is 24.6 Å². The lowest BCUT2D eigenvalue weighted by molar-refractivity contribution is -0.121. The largest absolute Gasteiger partial charge is 0.497 e. The van der Waals surface area contributed by atoms with E-state index in [4.69, 9.17) is 14.2 Å². The van der Waals surface area contributed by atoms with E-state index in [9.17, 15) is 4.79 Å². The van der Waals surface area contributed by atoms with Crippen LogP contribution in [0.3, 0.4) is 0 Å². The molecular formula is C26H29NO4. The molecule has 0 saturated heterocycles. The minimum Gasteiger partial charge on any atom is -0.497 e. The van der Waals surface area contributed by atoms with Crippen LogP contribution < -0.4 is 19.5 Å². The van der Waals surface area contributed by atoms with Gasteiger partial charge in [0.15, 0.2) is 0 Å². The molecule has 1 amide bonds.